The summed E-state index contributed by atoms with van der Waals surface area (Å²) < 4.78 is 12.9. The Kier molecular flexibility index (Phi) is 9.14. The topological polar surface area (TPSA) is 113 Å². The first-order valence-corrected chi connectivity index (χ1v) is 15.5. The molecule has 236 valence electrons. The van der Waals surface area contributed by atoms with Gasteiger partial charge in [0.15, 0.2) is 0 Å². The van der Waals surface area contributed by atoms with Gasteiger partial charge in [-0.1, -0.05) is 23.2 Å². The largest absolute Gasteiger partial charge is 0.477 e. The number of nitrogens with zero attached hydrogens (tertiary/aromatic N) is 6. The van der Waals surface area contributed by atoms with Gasteiger partial charge in [-0.05, 0) is 56.3 Å². The number of pyridine rings is 3. The molecule has 2 aliphatic heterocycles. The SMILES string of the molecule is COCCN(C)C1CN(c2ccc(-n3cc(C(=O)O)c(=O)c4cc(Cl)c(N5CCC[C@@H]5COc5ncccc5Cl)cc43)cn2)C1. The third-order valence-electron chi connectivity index (χ3n) is 8.59. The molecule has 1 atom stereocenters. The van der Waals surface area contributed by atoms with Crippen molar-refractivity contribution in [1.29, 1.82) is 0 Å². The van der Waals surface area contributed by atoms with Crippen molar-refractivity contribution >= 4 is 51.6 Å². The van der Waals surface area contributed by atoms with Crippen LogP contribution in [-0.2, 0) is 4.74 Å². The van der Waals surface area contributed by atoms with E-state index in [9.17, 15) is 14.7 Å². The number of carbonyl (C=O) groups is 1. The first-order valence-electron chi connectivity index (χ1n) is 14.8. The molecule has 6 rings (SSSR count). The van der Waals surface area contributed by atoms with Gasteiger partial charge in [0.1, 0.15) is 23.0 Å². The van der Waals surface area contributed by atoms with Crippen LogP contribution >= 0.6 is 23.2 Å². The molecule has 0 spiro atoms. The zero-order valence-corrected chi connectivity index (χ0v) is 26.5. The number of aromatic nitrogens is 3. The number of benzene rings is 1. The van der Waals surface area contributed by atoms with Crippen molar-refractivity contribution in [2.75, 3.05) is 63.4 Å². The Balaban J connectivity index is 1.31. The molecule has 1 N–H and O–H groups in total. The number of aromatic carboxylic acids is 1. The summed E-state index contributed by atoms with van der Waals surface area (Å²) in [6.07, 6.45) is 6.48. The second-order valence-corrected chi connectivity index (χ2v) is 12.2. The molecule has 0 unspecified atom stereocenters. The predicted molar refractivity (Wildman–Crippen MR) is 175 cm³/mol. The third kappa shape index (κ3) is 6.30. The van der Waals surface area contributed by atoms with E-state index >= 15 is 0 Å². The predicted octanol–water partition coefficient (Wildman–Crippen LogP) is 4.60. The van der Waals surface area contributed by atoms with Crippen LogP contribution < -0.4 is 20.0 Å². The molecule has 2 fully saturated rings. The Morgan fingerprint density at radius 1 is 1.16 bits per heavy atom. The van der Waals surface area contributed by atoms with Crippen LogP contribution in [0, 0.1) is 0 Å². The van der Waals surface area contributed by atoms with E-state index in [0.29, 0.717) is 46.4 Å². The third-order valence-corrected chi connectivity index (χ3v) is 9.18. The molecular weight excluding hydrogens is 619 g/mol. The number of anilines is 2. The van der Waals surface area contributed by atoms with Gasteiger partial charge in [0.2, 0.25) is 11.3 Å². The maximum absolute atomic E-state index is 13.3. The number of fused-ring (bicyclic) bond motifs is 1. The zero-order valence-electron chi connectivity index (χ0n) is 25.0. The average Bonchev–Trinajstić information content (AvgIpc) is 3.47. The van der Waals surface area contributed by atoms with E-state index in [1.165, 1.54) is 6.20 Å². The van der Waals surface area contributed by atoms with Crippen LogP contribution in [0.15, 0.2) is 59.8 Å². The molecule has 13 heteroatoms. The number of carboxylic acids is 1. The molecule has 3 aromatic heterocycles. The van der Waals surface area contributed by atoms with Crippen LogP contribution in [0.3, 0.4) is 0 Å². The van der Waals surface area contributed by atoms with E-state index in [4.69, 9.17) is 37.7 Å². The second kappa shape index (κ2) is 13.2. The van der Waals surface area contributed by atoms with Crippen molar-refractivity contribution in [1.82, 2.24) is 19.4 Å². The standard InChI is InChI=1S/C32H34Cl2N6O5/c1-37(11-12-44-2)22-16-38(17-22)29-8-7-20(15-36-29)40-18-24(32(42)43)30(41)23-13-26(34)28(14-27(23)40)39-10-4-5-21(39)19-45-31-25(33)6-3-9-35-31/h3,6-9,13-15,18,21-22H,4-5,10-12,16-17,19H2,1-2H3,(H,42,43)/t21-/m1/s1. The fraction of sp³-hybridized carbons (Fsp3) is 0.375. The van der Waals surface area contributed by atoms with Gasteiger partial charge in [-0.2, -0.15) is 0 Å². The fourth-order valence-corrected chi connectivity index (χ4v) is 6.39. The van der Waals surface area contributed by atoms with Gasteiger partial charge in [0, 0.05) is 57.1 Å². The van der Waals surface area contributed by atoms with E-state index < -0.39 is 11.4 Å². The monoisotopic (exact) mass is 652 g/mol. The van der Waals surface area contributed by atoms with E-state index in [1.54, 1.807) is 42.3 Å². The highest BCUT2D eigenvalue weighted by Crippen LogP contribution is 2.36. The minimum absolute atomic E-state index is 0.00802. The minimum Gasteiger partial charge on any atom is -0.477 e. The van der Waals surface area contributed by atoms with E-state index in [0.717, 1.165) is 50.5 Å². The minimum atomic E-state index is -1.31. The summed E-state index contributed by atoms with van der Waals surface area (Å²) in [7, 11) is 3.79. The van der Waals surface area contributed by atoms with Crippen LogP contribution in [0.5, 0.6) is 5.88 Å². The second-order valence-electron chi connectivity index (χ2n) is 11.4. The lowest BCUT2D eigenvalue weighted by Crippen LogP contribution is -2.59. The number of likely N-dealkylation sites (N-methyl/N-ethyl adjacent to an activating group) is 1. The van der Waals surface area contributed by atoms with Gasteiger partial charge in [0.25, 0.3) is 0 Å². The van der Waals surface area contributed by atoms with Crippen molar-refractivity contribution in [2.45, 2.75) is 24.9 Å². The number of hydrogen-bond donors (Lipinski definition) is 1. The Morgan fingerprint density at radius 2 is 1.98 bits per heavy atom. The van der Waals surface area contributed by atoms with Crippen molar-refractivity contribution in [3.8, 4) is 11.6 Å². The molecule has 2 aliphatic rings. The molecule has 1 aromatic carbocycles. The first-order chi connectivity index (χ1) is 21.7. The smallest absolute Gasteiger partial charge is 0.341 e. The molecule has 5 heterocycles. The molecule has 0 aliphatic carbocycles. The number of ether oxygens (including phenoxy) is 2. The molecule has 11 nitrogen and oxygen atoms in total. The highest BCUT2D eigenvalue weighted by molar-refractivity contribution is 6.34. The highest BCUT2D eigenvalue weighted by atomic mass is 35.5. The van der Waals surface area contributed by atoms with Crippen LogP contribution in [0.4, 0.5) is 11.5 Å². The van der Waals surface area contributed by atoms with Gasteiger partial charge in [0.05, 0.1) is 40.8 Å². The number of carboxylic acid groups (broad SMARTS) is 1. The molecular formula is C32H34Cl2N6O5. The lowest BCUT2D eigenvalue weighted by Gasteiger charge is -2.44. The fourth-order valence-electron chi connectivity index (χ4n) is 5.95. The Bertz CT molecular complexity index is 1760. The summed E-state index contributed by atoms with van der Waals surface area (Å²) >= 11 is 13.0. The quantitative estimate of drug-likeness (QED) is 0.247. The Hall–Kier alpha value is -3.90. The summed E-state index contributed by atoms with van der Waals surface area (Å²) in [6.45, 7) is 4.34. The maximum Gasteiger partial charge on any atom is 0.341 e. The van der Waals surface area contributed by atoms with E-state index in [-0.39, 0.29) is 17.0 Å². The number of hydrogen-bond acceptors (Lipinski definition) is 9. The van der Waals surface area contributed by atoms with Crippen molar-refractivity contribution in [3.63, 3.8) is 0 Å². The van der Waals surface area contributed by atoms with Gasteiger partial charge >= 0.3 is 5.97 Å². The molecule has 0 bridgehead atoms. The van der Waals surface area contributed by atoms with Crippen LogP contribution in [0.25, 0.3) is 16.6 Å². The summed E-state index contributed by atoms with van der Waals surface area (Å²) in [5.74, 6) is -0.112. The molecule has 2 saturated heterocycles. The lowest BCUT2D eigenvalue weighted by molar-refractivity contribution is 0.0695. The van der Waals surface area contributed by atoms with Crippen molar-refractivity contribution < 1.29 is 19.4 Å². The normalized spacial score (nSPS) is 16.9. The molecule has 45 heavy (non-hydrogen) atoms. The van der Waals surface area contributed by atoms with Crippen molar-refractivity contribution in [2.24, 2.45) is 0 Å². The van der Waals surface area contributed by atoms with Crippen LogP contribution in [-0.4, -0.2) is 96.1 Å². The van der Waals surface area contributed by atoms with Crippen LogP contribution in [0.2, 0.25) is 10.0 Å². The summed E-state index contributed by atoms with van der Waals surface area (Å²) in [5, 5.41) is 10.9. The highest BCUT2D eigenvalue weighted by Gasteiger charge is 2.31. The van der Waals surface area contributed by atoms with Gasteiger partial charge < -0.3 is 28.9 Å². The van der Waals surface area contributed by atoms with E-state index in [2.05, 4.69) is 26.7 Å². The summed E-state index contributed by atoms with van der Waals surface area (Å²) in [4.78, 5) is 40.9. The van der Waals surface area contributed by atoms with E-state index in [1.807, 2.05) is 18.2 Å². The van der Waals surface area contributed by atoms with Crippen molar-refractivity contribution in [3.05, 3.63) is 80.8 Å². The first kappa shape index (κ1) is 31.1. The number of methoxy groups -OCH3 is 1. The number of halogens is 2. The summed E-state index contributed by atoms with van der Waals surface area (Å²) in [5.41, 5.74) is 0.941. The van der Waals surface area contributed by atoms with Crippen LogP contribution in [0.1, 0.15) is 23.2 Å². The molecule has 0 amide bonds. The summed E-state index contributed by atoms with van der Waals surface area (Å²) in [6, 6.07) is 11.1. The molecule has 0 radical (unpaired) electrons. The van der Waals surface area contributed by atoms with Gasteiger partial charge in [-0.3, -0.25) is 9.69 Å². The maximum atomic E-state index is 13.3. The lowest BCUT2D eigenvalue weighted by atomic mass is 10.1. The van der Waals surface area contributed by atoms with Gasteiger partial charge in [-0.15, -0.1) is 0 Å². The molecule has 0 saturated carbocycles. The zero-order chi connectivity index (χ0) is 31.7. The molecule has 4 aromatic rings. The number of rotatable bonds is 11. The Labute approximate surface area is 270 Å². The average molecular weight is 654 g/mol. The Morgan fingerprint density at radius 3 is 2.69 bits per heavy atom. The van der Waals surface area contributed by atoms with Gasteiger partial charge in [-0.25, -0.2) is 14.8 Å².